The fraction of sp³-hybridized carbons (Fsp3) is 0.360. The van der Waals surface area contributed by atoms with Crippen LogP contribution in [0.5, 0.6) is 0 Å². The summed E-state index contributed by atoms with van der Waals surface area (Å²) in [4.78, 5) is 21.7. The second kappa shape index (κ2) is 7.40. The first-order chi connectivity index (χ1) is 14.6. The van der Waals surface area contributed by atoms with Crippen molar-refractivity contribution >= 4 is 22.6 Å². The van der Waals surface area contributed by atoms with E-state index in [4.69, 9.17) is 4.98 Å². The van der Waals surface area contributed by atoms with E-state index in [0.29, 0.717) is 11.8 Å². The van der Waals surface area contributed by atoms with Crippen molar-refractivity contribution in [1.29, 1.82) is 0 Å². The van der Waals surface area contributed by atoms with E-state index in [1.807, 2.05) is 35.2 Å². The Morgan fingerprint density at radius 3 is 2.63 bits per heavy atom. The van der Waals surface area contributed by atoms with Gasteiger partial charge in [-0.2, -0.15) is 0 Å². The summed E-state index contributed by atoms with van der Waals surface area (Å²) in [6, 6.07) is 18.7. The van der Waals surface area contributed by atoms with Crippen LogP contribution < -0.4 is 4.90 Å². The number of pyridine rings is 1. The van der Waals surface area contributed by atoms with Crippen molar-refractivity contribution in [2.24, 2.45) is 11.8 Å². The van der Waals surface area contributed by atoms with Crippen LogP contribution in [-0.4, -0.2) is 40.5 Å². The molecule has 2 fully saturated rings. The molecule has 154 valence electrons. The second-order valence-electron chi connectivity index (χ2n) is 8.63. The average Bonchev–Trinajstić information content (AvgIpc) is 3.32. The molecule has 3 aromatic rings. The molecule has 5 nitrogen and oxygen atoms in total. The lowest BCUT2D eigenvalue weighted by Gasteiger charge is -2.30. The number of carbonyl (C=O) groups is 1. The van der Waals surface area contributed by atoms with E-state index in [0.717, 1.165) is 47.5 Å². The first-order valence-corrected chi connectivity index (χ1v) is 10.6. The van der Waals surface area contributed by atoms with E-state index in [1.54, 1.807) is 6.92 Å². The molecule has 0 radical (unpaired) electrons. The minimum Gasteiger partial charge on any atom is -0.392 e. The number of aromatic nitrogens is 1. The Labute approximate surface area is 177 Å². The van der Waals surface area contributed by atoms with Gasteiger partial charge in [0, 0.05) is 49.3 Å². The number of aryl methyl sites for hydroxylation is 1. The number of fused-ring (bicyclic) bond motifs is 2. The molecule has 0 saturated carbocycles. The lowest BCUT2D eigenvalue weighted by Crippen LogP contribution is -2.34. The summed E-state index contributed by atoms with van der Waals surface area (Å²) in [6.07, 6.45) is 0. The van der Waals surface area contributed by atoms with Crippen LogP contribution in [0.15, 0.2) is 54.6 Å². The Kier molecular flexibility index (Phi) is 4.70. The monoisotopic (exact) mass is 401 g/mol. The van der Waals surface area contributed by atoms with Crippen LogP contribution in [0, 0.1) is 18.8 Å². The number of benzene rings is 2. The molecule has 3 atom stereocenters. The van der Waals surface area contributed by atoms with Gasteiger partial charge in [0.05, 0.1) is 18.2 Å². The number of amides is 1. The third-order valence-electron chi connectivity index (χ3n) is 6.78. The topological polar surface area (TPSA) is 56.7 Å². The Hall–Kier alpha value is -2.92. The molecule has 0 aliphatic carbocycles. The van der Waals surface area contributed by atoms with Gasteiger partial charge in [0.2, 0.25) is 5.91 Å². The normalized spacial score (nSPS) is 23.2. The SMILES string of the molecule is CC(=O)N1C[C@H]2CN(c3nc4c(C)cccc4cc3CO)C[C@H]2[C@@H]1c1ccccc1. The van der Waals surface area contributed by atoms with Gasteiger partial charge in [-0.15, -0.1) is 0 Å². The average molecular weight is 402 g/mol. The molecule has 30 heavy (non-hydrogen) atoms. The highest BCUT2D eigenvalue weighted by Crippen LogP contribution is 2.46. The van der Waals surface area contributed by atoms with Gasteiger partial charge in [-0.25, -0.2) is 4.98 Å². The van der Waals surface area contributed by atoms with Gasteiger partial charge in [0.1, 0.15) is 5.82 Å². The van der Waals surface area contributed by atoms with Crippen molar-refractivity contribution in [3.05, 3.63) is 71.3 Å². The zero-order chi connectivity index (χ0) is 20.8. The van der Waals surface area contributed by atoms with Gasteiger partial charge in [0.25, 0.3) is 0 Å². The molecular formula is C25H27N3O2. The maximum atomic E-state index is 12.4. The lowest BCUT2D eigenvalue weighted by molar-refractivity contribution is -0.130. The zero-order valence-corrected chi connectivity index (χ0v) is 17.5. The van der Waals surface area contributed by atoms with Crippen molar-refractivity contribution < 1.29 is 9.90 Å². The van der Waals surface area contributed by atoms with Gasteiger partial charge in [0.15, 0.2) is 0 Å². The maximum Gasteiger partial charge on any atom is 0.219 e. The van der Waals surface area contributed by atoms with E-state index in [2.05, 4.69) is 36.1 Å². The maximum absolute atomic E-state index is 12.4. The van der Waals surface area contributed by atoms with Gasteiger partial charge in [-0.1, -0.05) is 48.5 Å². The fourth-order valence-electron chi connectivity index (χ4n) is 5.39. The highest BCUT2D eigenvalue weighted by Gasteiger charge is 2.48. The molecule has 1 amide bonds. The Balaban J connectivity index is 1.51. The van der Waals surface area contributed by atoms with Crippen LogP contribution in [0.1, 0.15) is 29.7 Å². The number of aliphatic hydroxyl groups excluding tert-OH is 1. The van der Waals surface area contributed by atoms with E-state index < -0.39 is 0 Å². The molecule has 0 spiro atoms. The van der Waals surface area contributed by atoms with Crippen molar-refractivity contribution in [3.8, 4) is 0 Å². The lowest BCUT2D eigenvalue weighted by atomic mass is 9.89. The zero-order valence-electron chi connectivity index (χ0n) is 17.5. The van der Waals surface area contributed by atoms with Crippen LogP contribution in [0.2, 0.25) is 0 Å². The summed E-state index contributed by atoms with van der Waals surface area (Å²) in [5.74, 6) is 1.78. The van der Waals surface area contributed by atoms with Gasteiger partial charge >= 0.3 is 0 Å². The molecule has 2 aromatic carbocycles. The fourth-order valence-corrected chi connectivity index (χ4v) is 5.39. The van der Waals surface area contributed by atoms with Gasteiger partial charge in [-0.05, 0) is 24.1 Å². The molecule has 3 heterocycles. The molecule has 2 aliphatic heterocycles. The molecule has 0 bridgehead atoms. The molecule has 1 N–H and O–H groups in total. The van der Waals surface area contributed by atoms with E-state index in [9.17, 15) is 9.90 Å². The second-order valence-corrected chi connectivity index (χ2v) is 8.63. The highest BCUT2D eigenvalue weighted by atomic mass is 16.3. The van der Waals surface area contributed by atoms with Crippen molar-refractivity contribution in [2.75, 3.05) is 24.5 Å². The third-order valence-corrected chi connectivity index (χ3v) is 6.78. The largest absolute Gasteiger partial charge is 0.392 e. The van der Waals surface area contributed by atoms with E-state index >= 15 is 0 Å². The predicted octanol–water partition coefficient (Wildman–Crippen LogP) is 3.69. The van der Waals surface area contributed by atoms with E-state index in [1.165, 1.54) is 5.56 Å². The molecule has 5 rings (SSSR count). The summed E-state index contributed by atoms with van der Waals surface area (Å²) in [5, 5.41) is 11.1. The van der Waals surface area contributed by atoms with Crippen LogP contribution in [0.4, 0.5) is 5.82 Å². The van der Waals surface area contributed by atoms with Gasteiger partial charge in [-0.3, -0.25) is 4.79 Å². The molecule has 1 aromatic heterocycles. The quantitative estimate of drug-likeness (QED) is 0.727. The number of hydrogen-bond acceptors (Lipinski definition) is 4. The molecule has 2 saturated heterocycles. The molecule has 0 unspecified atom stereocenters. The molecule has 5 heteroatoms. The number of nitrogens with zero attached hydrogens (tertiary/aromatic N) is 3. The van der Waals surface area contributed by atoms with Crippen LogP contribution in [-0.2, 0) is 11.4 Å². The Morgan fingerprint density at radius 2 is 1.90 bits per heavy atom. The highest BCUT2D eigenvalue weighted by molar-refractivity contribution is 5.84. The van der Waals surface area contributed by atoms with Crippen LogP contribution >= 0.6 is 0 Å². The van der Waals surface area contributed by atoms with Crippen LogP contribution in [0.3, 0.4) is 0 Å². The van der Waals surface area contributed by atoms with Crippen molar-refractivity contribution in [1.82, 2.24) is 9.88 Å². The smallest absolute Gasteiger partial charge is 0.219 e. The number of aliphatic hydroxyl groups is 1. The number of anilines is 1. The summed E-state index contributed by atoms with van der Waals surface area (Å²) in [5.41, 5.74) is 4.20. The number of rotatable bonds is 3. The Morgan fingerprint density at radius 1 is 1.10 bits per heavy atom. The van der Waals surface area contributed by atoms with Crippen molar-refractivity contribution in [3.63, 3.8) is 0 Å². The van der Waals surface area contributed by atoms with Gasteiger partial charge < -0.3 is 14.9 Å². The number of para-hydroxylation sites is 1. The number of likely N-dealkylation sites (tertiary alicyclic amines) is 1. The summed E-state index contributed by atoms with van der Waals surface area (Å²) in [7, 11) is 0. The summed E-state index contributed by atoms with van der Waals surface area (Å²) in [6.45, 7) is 6.19. The number of carbonyl (C=O) groups excluding carboxylic acids is 1. The Bertz CT molecular complexity index is 1100. The van der Waals surface area contributed by atoms with E-state index in [-0.39, 0.29) is 18.6 Å². The predicted molar refractivity (Wildman–Crippen MR) is 118 cm³/mol. The minimum atomic E-state index is -0.0280. The number of hydrogen-bond donors (Lipinski definition) is 1. The summed E-state index contributed by atoms with van der Waals surface area (Å²) >= 11 is 0. The first-order valence-electron chi connectivity index (χ1n) is 10.6. The minimum absolute atomic E-state index is 0.0280. The van der Waals surface area contributed by atoms with Crippen LogP contribution in [0.25, 0.3) is 10.9 Å². The standard InChI is InChI=1S/C25H27N3O2/c1-16-7-6-10-19-11-20(15-29)25(26-23(16)19)27-12-21-13-28(17(2)30)24(22(21)14-27)18-8-4-3-5-9-18/h3-11,21-22,24,29H,12-15H2,1-2H3/t21-,22-,24+/m1/s1. The van der Waals surface area contributed by atoms with Crippen molar-refractivity contribution in [2.45, 2.75) is 26.5 Å². The molecule has 2 aliphatic rings. The summed E-state index contributed by atoms with van der Waals surface area (Å²) < 4.78 is 0. The molecular weight excluding hydrogens is 374 g/mol. The first kappa shape index (κ1) is 19.1. The third kappa shape index (κ3) is 3.05.